The Morgan fingerprint density at radius 2 is 1.89 bits per heavy atom. The molecule has 102 valence electrons. The molecule has 1 N–H and O–H groups in total. The summed E-state index contributed by atoms with van der Waals surface area (Å²) in [5.74, 6) is 0.610. The van der Waals surface area contributed by atoms with Crippen LogP contribution in [0.2, 0.25) is 5.02 Å². The summed E-state index contributed by atoms with van der Waals surface area (Å²) in [6.07, 6.45) is 1.07. The van der Waals surface area contributed by atoms with Crippen molar-refractivity contribution in [3.63, 3.8) is 0 Å². The average Bonchev–Trinajstić information content (AvgIpc) is 2.22. The fraction of sp³-hybridized carbons (Fsp3) is 0.625. The van der Waals surface area contributed by atoms with Gasteiger partial charge >= 0.3 is 0 Å². The molecule has 0 amide bonds. The summed E-state index contributed by atoms with van der Waals surface area (Å²) in [5, 5.41) is 4.38. The largest absolute Gasteiger partial charge is 0.314 e. The third-order valence-electron chi connectivity index (χ3n) is 3.37. The number of benzene rings is 1. The molecule has 0 aliphatic rings. The van der Waals surface area contributed by atoms with Crippen molar-refractivity contribution < 1.29 is 0 Å². The van der Waals surface area contributed by atoms with Gasteiger partial charge in [-0.15, -0.1) is 0 Å². The summed E-state index contributed by atoms with van der Waals surface area (Å²) in [5.41, 5.74) is 1.62. The van der Waals surface area contributed by atoms with Crippen molar-refractivity contribution in [3.05, 3.63) is 34.9 Å². The first-order valence-electron chi connectivity index (χ1n) is 6.77. The second kappa shape index (κ2) is 6.58. The lowest BCUT2D eigenvalue weighted by Gasteiger charge is -2.32. The van der Waals surface area contributed by atoms with Crippen molar-refractivity contribution in [2.24, 2.45) is 11.3 Å². The molecule has 1 aromatic rings. The van der Waals surface area contributed by atoms with Crippen molar-refractivity contribution in [1.82, 2.24) is 5.32 Å². The summed E-state index contributed by atoms with van der Waals surface area (Å²) < 4.78 is 0. The van der Waals surface area contributed by atoms with E-state index < -0.39 is 0 Å². The molecule has 0 aromatic heterocycles. The monoisotopic (exact) mass is 267 g/mol. The molecule has 0 saturated heterocycles. The number of nitrogens with one attached hydrogen (secondary N) is 1. The molecule has 0 aliphatic heterocycles. The molecule has 18 heavy (non-hydrogen) atoms. The van der Waals surface area contributed by atoms with Crippen LogP contribution in [0.4, 0.5) is 0 Å². The number of hydrogen-bond donors (Lipinski definition) is 1. The third-order valence-corrected chi connectivity index (χ3v) is 3.60. The number of rotatable bonds is 5. The average molecular weight is 268 g/mol. The highest BCUT2D eigenvalue weighted by Crippen LogP contribution is 2.29. The van der Waals surface area contributed by atoms with Gasteiger partial charge in [0.05, 0.1) is 0 Å². The maximum Gasteiger partial charge on any atom is 0.0408 e. The third kappa shape index (κ3) is 5.41. The topological polar surface area (TPSA) is 12.0 Å². The molecular formula is C16H26ClN. The minimum Gasteiger partial charge on any atom is -0.314 e. The van der Waals surface area contributed by atoms with E-state index in [1.54, 1.807) is 0 Å². The highest BCUT2D eigenvalue weighted by atomic mass is 35.5. The summed E-state index contributed by atoms with van der Waals surface area (Å²) in [6, 6.07) is 8.75. The predicted octanol–water partition coefficient (Wildman–Crippen LogP) is 4.54. The number of hydrogen-bond acceptors (Lipinski definition) is 1. The fourth-order valence-electron chi connectivity index (χ4n) is 2.01. The van der Waals surface area contributed by atoms with Crippen LogP contribution in [-0.4, -0.2) is 12.6 Å². The van der Waals surface area contributed by atoms with Gasteiger partial charge in [-0.2, -0.15) is 0 Å². The Balaban J connectivity index is 2.72. The normalized spacial score (nSPS) is 13.9. The van der Waals surface area contributed by atoms with Crippen LogP contribution in [0.5, 0.6) is 0 Å². The Bertz CT molecular complexity index is 366. The van der Waals surface area contributed by atoms with Crippen LogP contribution < -0.4 is 5.32 Å². The van der Waals surface area contributed by atoms with Gasteiger partial charge in [-0.25, -0.2) is 0 Å². The zero-order valence-corrected chi connectivity index (χ0v) is 13.0. The van der Waals surface area contributed by atoms with Gasteiger partial charge in [0.2, 0.25) is 0 Å². The maximum atomic E-state index is 6.05. The van der Waals surface area contributed by atoms with E-state index >= 15 is 0 Å². The molecule has 1 aromatic carbocycles. The van der Waals surface area contributed by atoms with Crippen molar-refractivity contribution in [2.75, 3.05) is 6.54 Å². The molecule has 1 rings (SSSR count). The van der Waals surface area contributed by atoms with Crippen LogP contribution in [-0.2, 0) is 6.42 Å². The zero-order valence-electron chi connectivity index (χ0n) is 12.3. The Hall–Kier alpha value is -0.530. The van der Waals surface area contributed by atoms with Crippen LogP contribution in [0, 0.1) is 11.3 Å². The quantitative estimate of drug-likeness (QED) is 0.826. The number of halogens is 1. The fourth-order valence-corrected chi connectivity index (χ4v) is 2.22. The standard InChI is InChI=1S/C16H26ClN/c1-12(2)18-11-14(16(3,4)5)9-13-7-6-8-15(17)10-13/h6-8,10,12,14,18H,9,11H2,1-5H3. The van der Waals surface area contributed by atoms with Crippen LogP contribution in [0.25, 0.3) is 0 Å². The van der Waals surface area contributed by atoms with E-state index in [9.17, 15) is 0 Å². The predicted molar refractivity (Wildman–Crippen MR) is 81.2 cm³/mol. The van der Waals surface area contributed by atoms with Gasteiger partial charge in [0.25, 0.3) is 0 Å². The second-order valence-electron chi connectivity index (χ2n) is 6.46. The van der Waals surface area contributed by atoms with Crippen molar-refractivity contribution in [1.29, 1.82) is 0 Å². The van der Waals surface area contributed by atoms with Crippen molar-refractivity contribution in [2.45, 2.75) is 47.1 Å². The molecule has 0 saturated carbocycles. The van der Waals surface area contributed by atoms with E-state index in [1.807, 2.05) is 12.1 Å². The first kappa shape index (κ1) is 15.5. The summed E-state index contributed by atoms with van der Waals surface area (Å²) in [4.78, 5) is 0. The molecule has 2 heteroatoms. The van der Waals surface area contributed by atoms with Crippen LogP contribution in [0.1, 0.15) is 40.2 Å². The molecule has 0 heterocycles. The minimum absolute atomic E-state index is 0.296. The minimum atomic E-state index is 0.296. The highest BCUT2D eigenvalue weighted by molar-refractivity contribution is 6.30. The highest BCUT2D eigenvalue weighted by Gasteiger charge is 2.24. The van der Waals surface area contributed by atoms with E-state index in [2.05, 4.69) is 52.1 Å². The Morgan fingerprint density at radius 1 is 1.22 bits per heavy atom. The Labute approximate surface area is 117 Å². The molecule has 0 radical (unpaired) electrons. The molecule has 0 spiro atoms. The van der Waals surface area contributed by atoms with Gasteiger partial charge in [0, 0.05) is 11.1 Å². The molecule has 1 unspecified atom stereocenters. The van der Waals surface area contributed by atoms with Gasteiger partial charge in [-0.3, -0.25) is 0 Å². The molecular weight excluding hydrogens is 242 g/mol. The van der Waals surface area contributed by atoms with Gasteiger partial charge in [0.1, 0.15) is 0 Å². The van der Waals surface area contributed by atoms with Crippen LogP contribution >= 0.6 is 11.6 Å². The lowest BCUT2D eigenvalue weighted by molar-refractivity contribution is 0.226. The molecule has 1 atom stereocenters. The summed E-state index contributed by atoms with van der Waals surface area (Å²) >= 11 is 6.05. The van der Waals surface area contributed by atoms with E-state index in [4.69, 9.17) is 11.6 Å². The van der Waals surface area contributed by atoms with Gasteiger partial charge in [0.15, 0.2) is 0 Å². The SMILES string of the molecule is CC(C)NCC(Cc1cccc(Cl)c1)C(C)(C)C. The molecule has 0 bridgehead atoms. The van der Waals surface area contributed by atoms with E-state index in [-0.39, 0.29) is 0 Å². The smallest absolute Gasteiger partial charge is 0.0408 e. The van der Waals surface area contributed by atoms with Gasteiger partial charge in [-0.1, -0.05) is 58.4 Å². The maximum absolute atomic E-state index is 6.05. The summed E-state index contributed by atoms with van der Waals surface area (Å²) in [7, 11) is 0. The summed E-state index contributed by atoms with van der Waals surface area (Å²) in [6.45, 7) is 12.4. The van der Waals surface area contributed by atoms with Crippen LogP contribution in [0.15, 0.2) is 24.3 Å². The molecule has 0 fully saturated rings. The Morgan fingerprint density at radius 3 is 2.39 bits per heavy atom. The zero-order chi connectivity index (χ0) is 13.8. The van der Waals surface area contributed by atoms with E-state index in [0.717, 1.165) is 18.0 Å². The first-order valence-corrected chi connectivity index (χ1v) is 7.14. The first-order chi connectivity index (χ1) is 8.29. The van der Waals surface area contributed by atoms with E-state index in [0.29, 0.717) is 17.4 Å². The van der Waals surface area contributed by atoms with Crippen LogP contribution in [0.3, 0.4) is 0 Å². The molecule has 0 aliphatic carbocycles. The van der Waals surface area contributed by atoms with Gasteiger partial charge < -0.3 is 5.32 Å². The van der Waals surface area contributed by atoms with Crippen molar-refractivity contribution in [3.8, 4) is 0 Å². The lowest BCUT2D eigenvalue weighted by Crippen LogP contribution is -2.36. The lowest BCUT2D eigenvalue weighted by atomic mass is 9.77. The molecule has 1 nitrogen and oxygen atoms in total. The van der Waals surface area contributed by atoms with Crippen molar-refractivity contribution >= 4 is 11.6 Å². The second-order valence-corrected chi connectivity index (χ2v) is 6.90. The van der Waals surface area contributed by atoms with E-state index in [1.165, 1.54) is 5.56 Å². The Kier molecular flexibility index (Phi) is 5.68. The van der Waals surface area contributed by atoms with Gasteiger partial charge in [-0.05, 0) is 42.0 Å².